The van der Waals surface area contributed by atoms with E-state index < -0.39 is 0 Å². The normalized spacial score (nSPS) is 20.1. The molecule has 1 aliphatic rings. The van der Waals surface area contributed by atoms with Crippen LogP contribution in [-0.4, -0.2) is 18.9 Å². The number of hydrogen-bond donors (Lipinski definition) is 1. The van der Waals surface area contributed by atoms with E-state index in [0.717, 1.165) is 34.0 Å². The molecule has 0 saturated carbocycles. The fourth-order valence-electron chi connectivity index (χ4n) is 3.00. The van der Waals surface area contributed by atoms with Gasteiger partial charge in [-0.15, -0.1) is 0 Å². The summed E-state index contributed by atoms with van der Waals surface area (Å²) in [6.07, 6.45) is 0. The molecule has 0 spiro atoms. The smallest absolute Gasteiger partial charge is 0.131 e. The molecule has 2 aromatic rings. The number of alkyl halides is 1. The molecule has 0 radical (unpaired) electrons. The summed E-state index contributed by atoms with van der Waals surface area (Å²) in [5.41, 5.74) is 2.40. The molecule has 2 nitrogen and oxygen atoms in total. The maximum absolute atomic E-state index is 6.21. The topological polar surface area (TPSA) is 21.3 Å². The second-order valence-corrected chi connectivity index (χ2v) is 6.33. The Kier molecular flexibility index (Phi) is 4.53. The zero-order valence-corrected chi connectivity index (χ0v) is 14.1. The van der Waals surface area contributed by atoms with Crippen LogP contribution in [0, 0.1) is 0 Å². The second kappa shape index (κ2) is 6.39. The lowest BCUT2D eigenvalue weighted by Gasteiger charge is -2.25. The summed E-state index contributed by atoms with van der Waals surface area (Å²) < 4.78 is 6.16. The van der Waals surface area contributed by atoms with E-state index in [9.17, 15) is 0 Å². The van der Waals surface area contributed by atoms with E-state index in [1.807, 2.05) is 37.4 Å². The molecule has 0 fully saturated rings. The molecule has 1 N–H and O–H groups in total. The van der Waals surface area contributed by atoms with E-state index in [2.05, 4.69) is 33.4 Å². The van der Waals surface area contributed by atoms with Gasteiger partial charge in [0, 0.05) is 34.3 Å². The molecule has 4 heteroatoms. The number of likely N-dealkylation sites (N-methyl/N-ethyl adjacent to an activating group) is 1. The van der Waals surface area contributed by atoms with Gasteiger partial charge in [0.2, 0.25) is 0 Å². The Balaban J connectivity index is 2.19. The summed E-state index contributed by atoms with van der Waals surface area (Å²) in [6, 6.07) is 14.1. The molecule has 1 heterocycles. The highest BCUT2D eigenvalue weighted by atomic mass is 79.9. The fourth-order valence-corrected chi connectivity index (χ4v) is 3.98. The fraction of sp³-hybridized carbons (Fsp3) is 0.294. The standard InChI is InChI=1S/C17H17BrClNO/c1-20-10-15-13-8-11(19)6-7-17(13)21-16-5-3-2-4-12(16)14(15)9-18/h2-8,14-15,20H,9-10H2,1H3. The summed E-state index contributed by atoms with van der Waals surface area (Å²) in [5.74, 6) is 2.49. The van der Waals surface area contributed by atoms with Crippen LogP contribution in [0.25, 0.3) is 0 Å². The summed E-state index contributed by atoms with van der Waals surface area (Å²) in [4.78, 5) is 0. The molecule has 0 saturated heterocycles. The number of nitrogens with one attached hydrogen (secondary N) is 1. The molecular formula is C17H17BrClNO. The van der Waals surface area contributed by atoms with Gasteiger partial charge in [-0.2, -0.15) is 0 Å². The van der Waals surface area contributed by atoms with Crippen LogP contribution in [-0.2, 0) is 0 Å². The highest BCUT2D eigenvalue weighted by Gasteiger charge is 2.31. The molecule has 2 unspecified atom stereocenters. The molecule has 0 aromatic heterocycles. The second-order valence-electron chi connectivity index (χ2n) is 5.25. The molecule has 0 amide bonds. The molecule has 2 aromatic carbocycles. The average Bonchev–Trinajstić information content (AvgIpc) is 2.62. The first kappa shape index (κ1) is 14.9. The first-order chi connectivity index (χ1) is 10.2. The first-order valence-electron chi connectivity index (χ1n) is 7.01. The maximum Gasteiger partial charge on any atom is 0.131 e. The predicted octanol–water partition coefficient (Wildman–Crippen LogP) is 4.93. The molecule has 1 aliphatic heterocycles. The van der Waals surface area contributed by atoms with Crippen LogP contribution in [0.15, 0.2) is 42.5 Å². The zero-order valence-electron chi connectivity index (χ0n) is 11.8. The SMILES string of the molecule is CNCC1c2cc(Cl)ccc2Oc2ccccc2C1CBr. The lowest BCUT2D eigenvalue weighted by Crippen LogP contribution is -2.23. The summed E-state index contributed by atoms with van der Waals surface area (Å²) in [5, 5.41) is 4.93. The van der Waals surface area contributed by atoms with Gasteiger partial charge in [-0.3, -0.25) is 0 Å². The van der Waals surface area contributed by atoms with Crippen LogP contribution >= 0.6 is 27.5 Å². The molecule has 21 heavy (non-hydrogen) atoms. The Labute approximate surface area is 138 Å². The third kappa shape index (κ3) is 2.83. The van der Waals surface area contributed by atoms with E-state index in [-0.39, 0.29) is 0 Å². The van der Waals surface area contributed by atoms with Gasteiger partial charge >= 0.3 is 0 Å². The number of hydrogen-bond acceptors (Lipinski definition) is 2. The van der Waals surface area contributed by atoms with Crippen molar-refractivity contribution in [3.63, 3.8) is 0 Å². The highest BCUT2D eigenvalue weighted by molar-refractivity contribution is 9.09. The Bertz CT molecular complexity index is 646. The number of fused-ring (bicyclic) bond motifs is 2. The Hall–Kier alpha value is -1.03. The van der Waals surface area contributed by atoms with Crippen molar-refractivity contribution in [3.05, 3.63) is 58.6 Å². The monoisotopic (exact) mass is 365 g/mol. The van der Waals surface area contributed by atoms with Gasteiger partial charge in [0.25, 0.3) is 0 Å². The Morgan fingerprint density at radius 1 is 1.10 bits per heavy atom. The van der Waals surface area contributed by atoms with E-state index in [4.69, 9.17) is 16.3 Å². The van der Waals surface area contributed by atoms with Gasteiger partial charge in [0.1, 0.15) is 11.5 Å². The number of rotatable bonds is 3. The van der Waals surface area contributed by atoms with E-state index >= 15 is 0 Å². The minimum atomic E-state index is 0.312. The van der Waals surface area contributed by atoms with Crippen molar-refractivity contribution in [1.82, 2.24) is 5.32 Å². The van der Waals surface area contributed by atoms with E-state index in [1.54, 1.807) is 0 Å². The highest BCUT2D eigenvalue weighted by Crippen LogP contribution is 2.47. The number of ether oxygens (including phenoxy) is 1. The van der Waals surface area contributed by atoms with Gasteiger partial charge < -0.3 is 10.1 Å². The van der Waals surface area contributed by atoms with Crippen molar-refractivity contribution in [2.45, 2.75) is 11.8 Å². The molecule has 0 aliphatic carbocycles. The first-order valence-corrected chi connectivity index (χ1v) is 8.51. The van der Waals surface area contributed by atoms with Gasteiger partial charge in [-0.05, 0) is 36.9 Å². The number of benzene rings is 2. The van der Waals surface area contributed by atoms with Crippen LogP contribution in [0.5, 0.6) is 11.5 Å². The third-order valence-electron chi connectivity index (χ3n) is 3.99. The van der Waals surface area contributed by atoms with Crippen molar-refractivity contribution >= 4 is 27.5 Å². The van der Waals surface area contributed by atoms with Crippen LogP contribution in [0.1, 0.15) is 23.0 Å². The Morgan fingerprint density at radius 2 is 1.86 bits per heavy atom. The molecule has 110 valence electrons. The van der Waals surface area contributed by atoms with Crippen molar-refractivity contribution in [2.24, 2.45) is 0 Å². The third-order valence-corrected chi connectivity index (χ3v) is 4.92. The predicted molar refractivity (Wildman–Crippen MR) is 91.2 cm³/mol. The largest absolute Gasteiger partial charge is 0.457 e. The van der Waals surface area contributed by atoms with Gasteiger partial charge in [0.05, 0.1) is 0 Å². The molecule has 3 rings (SSSR count). The number of halogens is 2. The van der Waals surface area contributed by atoms with Crippen LogP contribution in [0.3, 0.4) is 0 Å². The van der Waals surface area contributed by atoms with E-state index in [0.29, 0.717) is 11.8 Å². The maximum atomic E-state index is 6.21. The molecule has 0 bridgehead atoms. The van der Waals surface area contributed by atoms with Crippen molar-refractivity contribution in [1.29, 1.82) is 0 Å². The van der Waals surface area contributed by atoms with E-state index in [1.165, 1.54) is 5.56 Å². The van der Waals surface area contributed by atoms with Gasteiger partial charge in [0.15, 0.2) is 0 Å². The zero-order chi connectivity index (χ0) is 14.8. The average molecular weight is 367 g/mol. The summed E-state index contributed by atoms with van der Waals surface area (Å²) in [7, 11) is 1.98. The Morgan fingerprint density at radius 3 is 2.62 bits per heavy atom. The van der Waals surface area contributed by atoms with Gasteiger partial charge in [-0.1, -0.05) is 45.7 Å². The van der Waals surface area contributed by atoms with Gasteiger partial charge in [-0.25, -0.2) is 0 Å². The van der Waals surface area contributed by atoms with Crippen molar-refractivity contribution in [2.75, 3.05) is 18.9 Å². The van der Waals surface area contributed by atoms with Crippen LogP contribution in [0.4, 0.5) is 0 Å². The quantitative estimate of drug-likeness (QED) is 0.778. The van der Waals surface area contributed by atoms with Crippen molar-refractivity contribution in [3.8, 4) is 11.5 Å². The molecular weight excluding hydrogens is 350 g/mol. The summed E-state index contributed by atoms with van der Waals surface area (Å²) >= 11 is 9.89. The lowest BCUT2D eigenvalue weighted by molar-refractivity contribution is 0.477. The summed E-state index contributed by atoms with van der Waals surface area (Å²) in [6.45, 7) is 0.876. The van der Waals surface area contributed by atoms with Crippen LogP contribution < -0.4 is 10.1 Å². The minimum absolute atomic E-state index is 0.312. The number of para-hydroxylation sites is 1. The van der Waals surface area contributed by atoms with Crippen molar-refractivity contribution < 1.29 is 4.74 Å². The minimum Gasteiger partial charge on any atom is -0.457 e. The lowest BCUT2D eigenvalue weighted by atomic mass is 9.82. The molecule has 2 atom stereocenters. The van der Waals surface area contributed by atoms with Crippen LogP contribution in [0.2, 0.25) is 5.02 Å².